The average Bonchev–Trinajstić information content (AvgIpc) is 3.22. The van der Waals surface area contributed by atoms with Crippen molar-refractivity contribution in [1.82, 2.24) is 10.3 Å². The highest BCUT2D eigenvalue weighted by Gasteiger charge is 2.53. The van der Waals surface area contributed by atoms with Crippen LogP contribution >= 0.6 is 11.3 Å². The topological polar surface area (TPSA) is 363 Å². The predicted molar refractivity (Wildman–Crippen MR) is 131 cm³/mol. The zero-order valence-corrected chi connectivity index (χ0v) is 20.9. The summed E-state index contributed by atoms with van der Waals surface area (Å²) in [6.07, 6.45) is -1.47. The fourth-order valence-electron chi connectivity index (χ4n) is 3.43. The lowest BCUT2D eigenvalue weighted by molar-refractivity contribution is -0.407. The molecule has 1 heterocycles. The Kier molecular flexibility index (Phi) is 7.88. The number of phenolic OH excluding ortho intramolecular Hbond substituents is 5. The standard InChI is InChI=1S/C21H24N4O15S/c22-17-24-14(15(31)41-17)19(35,36)16(32)23-7-3-1-6(2-4-7)20(37,38)21(39,40)25-18(33,34)5-8-9(26)11(28)13(30)12(29)10(8)27/h1-4,25-31,33-40H,5H2,(H2,22,24)(H,23,32). The van der Waals surface area contributed by atoms with E-state index in [9.17, 15) is 76.3 Å². The highest BCUT2D eigenvalue weighted by atomic mass is 32.1. The first-order valence-electron chi connectivity index (χ1n) is 10.8. The zero-order chi connectivity index (χ0) is 31.3. The minimum atomic E-state index is -4.05. The van der Waals surface area contributed by atoms with Crippen LogP contribution in [-0.4, -0.2) is 94.2 Å². The van der Waals surface area contributed by atoms with Crippen LogP contribution in [0, 0.1) is 0 Å². The van der Waals surface area contributed by atoms with E-state index in [0.29, 0.717) is 11.3 Å². The first-order chi connectivity index (χ1) is 18.6. The molecule has 3 aromatic rings. The van der Waals surface area contributed by atoms with E-state index in [1.165, 1.54) is 5.32 Å². The predicted octanol–water partition coefficient (Wildman–Crippen LogP) is -4.02. The molecule has 1 amide bonds. The van der Waals surface area contributed by atoms with Gasteiger partial charge in [0.25, 0.3) is 23.4 Å². The van der Waals surface area contributed by atoms with Gasteiger partial charge < -0.3 is 82.5 Å². The van der Waals surface area contributed by atoms with Gasteiger partial charge in [0.05, 0.1) is 5.56 Å². The third-order valence-corrected chi connectivity index (χ3v) is 6.26. The molecule has 224 valence electrons. The Morgan fingerprint density at radius 1 is 0.805 bits per heavy atom. The molecule has 0 aliphatic carbocycles. The summed E-state index contributed by atoms with van der Waals surface area (Å²) in [4.78, 5) is 15.8. The smallest absolute Gasteiger partial charge is 0.294 e. The molecule has 20 heteroatoms. The van der Waals surface area contributed by atoms with Crippen LogP contribution in [0.1, 0.15) is 16.8 Å². The second kappa shape index (κ2) is 10.3. The number of phenols is 5. The highest BCUT2D eigenvalue weighted by molar-refractivity contribution is 7.17. The molecule has 18 N–H and O–H groups in total. The van der Waals surface area contributed by atoms with Gasteiger partial charge in [-0.15, -0.1) is 0 Å². The van der Waals surface area contributed by atoms with Crippen molar-refractivity contribution in [2.24, 2.45) is 0 Å². The van der Waals surface area contributed by atoms with Crippen LogP contribution in [0.4, 0.5) is 10.8 Å². The second-order valence-corrected chi connectivity index (χ2v) is 9.60. The summed E-state index contributed by atoms with van der Waals surface area (Å²) in [5.74, 6) is -23.2. The summed E-state index contributed by atoms with van der Waals surface area (Å²) >= 11 is 0.455. The monoisotopic (exact) mass is 604 g/mol. The van der Waals surface area contributed by atoms with Gasteiger partial charge in [-0.05, 0) is 12.1 Å². The number of anilines is 2. The molecule has 0 bridgehead atoms. The number of rotatable bonds is 9. The Balaban J connectivity index is 1.80. The van der Waals surface area contributed by atoms with Crippen LogP contribution < -0.4 is 16.4 Å². The van der Waals surface area contributed by atoms with Crippen LogP contribution in [0.25, 0.3) is 0 Å². The van der Waals surface area contributed by atoms with Gasteiger partial charge in [-0.2, -0.15) is 0 Å². The number of thiazole rings is 1. The van der Waals surface area contributed by atoms with Crippen LogP contribution in [0.5, 0.6) is 33.8 Å². The summed E-state index contributed by atoms with van der Waals surface area (Å²) < 4.78 is 0. The van der Waals surface area contributed by atoms with Crippen LogP contribution in [0.2, 0.25) is 0 Å². The molecule has 19 nitrogen and oxygen atoms in total. The number of nitrogens with two attached hydrogens (primary N) is 1. The van der Waals surface area contributed by atoms with Crippen molar-refractivity contribution in [3.8, 4) is 33.8 Å². The van der Waals surface area contributed by atoms with Gasteiger partial charge in [-0.25, -0.2) is 10.3 Å². The molecular formula is C21H24N4O15S. The number of aliphatic hydroxyl groups is 8. The number of carbonyl (C=O) groups excluding carboxylic acids is 1. The van der Waals surface area contributed by atoms with Crippen molar-refractivity contribution in [1.29, 1.82) is 0 Å². The van der Waals surface area contributed by atoms with E-state index in [4.69, 9.17) is 5.73 Å². The number of aromatic nitrogens is 1. The Labute approximate surface area is 230 Å². The zero-order valence-electron chi connectivity index (χ0n) is 20.1. The summed E-state index contributed by atoms with van der Waals surface area (Å²) in [6.45, 7) is 0. The maximum Gasteiger partial charge on any atom is 0.294 e. The summed E-state index contributed by atoms with van der Waals surface area (Å²) in [6, 6.07) is 3.33. The van der Waals surface area contributed by atoms with Gasteiger partial charge in [0, 0.05) is 17.7 Å². The number of carbonyl (C=O) groups is 1. The lowest BCUT2D eigenvalue weighted by atomic mass is 10.00. The van der Waals surface area contributed by atoms with Crippen LogP contribution in [0.3, 0.4) is 0 Å². The van der Waals surface area contributed by atoms with Gasteiger partial charge in [-0.3, -0.25) is 4.79 Å². The normalized spacial score (nSPS) is 12.9. The largest absolute Gasteiger partial charge is 0.504 e. The third-order valence-electron chi connectivity index (χ3n) is 5.57. The van der Waals surface area contributed by atoms with E-state index in [1.807, 2.05) is 5.32 Å². The molecule has 0 aliphatic rings. The fraction of sp³-hybridized carbons (Fsp3) is 0.238. The minimum absolute atomic E-state index is 0.240. The van der Waals surface area contributed by atoms with Crippen molar-refractivity contribution in [3.05, 3.63) is 41.1 Å². The molecule has 41 heavy (non-hydrogen) atoms. The van der Waals surface area contributed by atoms with E-state index in [0.717, 1.165) is 24.3 Å². The minimum Gasteiger partial charge on any atom is -0.504 e. The Morgan fingerprint density at radius 3 is 1.76 bits per heavy atom. The Morgan fingerprint density at radius 2 is 1.29 bits per heavy atom. The van der Waals surface area contributed by atoms with Gasteiger partial charge in [0.1, 0.15) is 0 Å². The third kappa shape index (κ3) is 5.82. The number of hydrogen-bond donors (Lipinski definition) is 17. The van der Waals surface area contributed by atoms with Crippen LogP contribution in [-0.2, 0) is 22.8 Å². The summed E-state index contributed by atoms with van der Waals surface area (Å²) in [7, 11) is 0. The quantitative estimate of drug-likeness (QED) is 0.0627. The number of benzene rings is 2. The fourth-order valence-corrected chi connectivity index (χ4v) is 4.05. The average molecular weight is 605 g/mol. The highest BCUT2D eigenvalue weighted by Crippen LogP contribution is 2.51. The SMILES string of the molecule is Nc1nc(C(O)(O)C(=O)Nc2ccc(C(O)(O)C(O)(O)NC(O)(O)Cc3c(O)c(O)c(O)c(O)c3O)cc2)c(O)s1. The van der Waals surface area contributed by atoms with E-state index in [-0.39, 0.29) is 10.8 Å². The van der Waals surface area contributed by atoms with E-state index < -0.39 is 86.4 Å². The molecule has 1 aromatic heterocycles. The summed E-state index contributed by atoms with van der Waals surface area (Å²) in [5.41, 5.74) is 2.42. The van der Waals surface area contributed by atoms with Gasteiger partial charge in [0.15, 0.2) is 22.3 Å². The lowest BCUT2D eigenvalue weighted by Gasteiger charge is -2.39. The molecule has 0 unspecified atom stereocenters. The van der Waals surface area contributed by atoms with Gasteiger partial charge in [0.2, 0.25) is 28.2 Å². The molecular weight excluding hydrogens is 580 g/mol. The van der Waals surface area contributed by atoms with E-state index in [2.05, 4.69) is 4.98 Å². The second-order valence-electron chi connectivity index (χ2n) is 8.59. The van der Waals surface area contributed by atoms with E-state index in [1.54, 1.807) is 0 Å². The van der Waals surface area contributed by atoms with Crippen molar-refractivity contribution >= 4 is 28.1 Å². The molecule has 0 saturated carbocycles. The number of amides is 1. The van der Waals surface area contributed by atoms with E-state index >= 15 is 0 Å². The molecule has 2 aromatic carbocycles. The number of nitrogens with one attached hydrogen (secondary N) is 2. The number of nitrogens with zero attached hydrogens (tertiary/aromatic N) is 1. The maximum atomic E-state index is 12.3. The van der Waals surface area contributed by atoms with Crippen molar-refractivity contribution < 1.29 is 76.3 Å². The number of hydrogen-bond acceptors (Lipinski definition) is 19. The first-order valence-corrected chi connectivity index (χ1v) is 11.6. The van der Waals surface area contributed by atoms with Gasteiger partial charge >= 0.3 is 0 Å². The van der Waals surface area contributed by atoms with Crippen LogP contribution in [0.15, 0.2) is 24.3 Å². The Hall–Kier alpha value is -4.22. The molecule has 0 spiro atoms. The van der Waals surface area contributed by atoms with Crippen molar-refractivity contribution in [2.75, 3.05) is 11.1 Å². The van der Waals surface area contributed by atoms with Crippen molar-refractivity contribution in [3.63, 3.8) is 0 Å². The lowest BCUT2D eigenvalue weighted by Crippen LogP contribution is -2.68. The van der Waals surface area contributed by atoms with Gasteiger partial charge in [-0.1, -0.05) is 23.5 Å². The molecule has 3 rings (SSSR count). The van der Waals surface area contributed by atoms with Crippen molar-refractivity contribution in [2.45, 2.75) is 29.8 Å². The number of aromatic hydroxyl groups is 6. The number of nitrogen functional groups attached to an aromatic ring is 1. The summed E-state index contributed by atoms with van der Waals surface area (Å²) in [5, 5.41) is 142. The maximum absolute atomic E-state index is 12.3. The molecule has 0 saturated heterocycles. The molecule has 0 fully saturated rings. The first kappa shape index (κ1) is 31.3. The molecule has 0 atom stereocenters. The Bertz CT molecular complexity index is 1440. The molecule has 0 aliphatic heterocycles. The molecule has 0 radical (unpaired) electrons.